The van der Waals surface area contributed by atoms with Crippen LogP contribution in [-0.4, -0.2) is 0 Å². The fourth-order valence-electron chi connectivity index (χ4n) is 3.00. The zero-order chi connectivity index (χ0) is 15.8. The maximum Gasteiger partial charge on any atom is 0.0492 e. The van der Waals surface area contributed by atoms with Crippen LogP contribution in [0.25, 0.3) is 0 Å². The number of benzene rings is 2. The summed E-state index contributed by atoms with van der Waals surface area (Å²) in [5.41, 5.74) is 8.42. The first-order chi connectivity index (χ1) is 9.76. The van der Waals surface area contributed by atoms with E-state index in [2.05, 4.69) is 93.9 Å². The van der Waals surface area contributed by atoms with E-state index in [9.17, 15) is 0 Å². The van der Waals surface area contributed by atoms with Gasteiger partial charge in [-0.3, -0.25) is 0 Å². The minimum atomic E-state index is 0.0387. The van der Waals surface area contributed by atoms with Gasteiger partial charge in [0, 0.05) is 10.2 Å². The summed E-state index contributed by atoms with van der Waals surface area (Å²) in [6, 6.07) is 13.1. The van der Waals surface area contributed by atoms with Gasteiger partial charge in [0.1, 0.15) is 0 Å². The second-order valence-corrected chi connectivity index (χ2v) is 7.54. The summed E-state index contributed by atoms with van der Waals surface area (Å²) >= 11 is 4.01. The molecule has 2 aromatic carbocycles. The maximum absolute atomic E-state index is 4.01. The van der Waals surface area contributed by atoms with Gasteiger partial charge in [-0.1, -0.05) is 66.2 Å². The predicted octanol–water partition coefficient (Wildman–Crippen LogP) is 6.33. The fourth-order valence-corrected chi connectivity index (χ4v) is 3.95. The Morgan fingerprint density at radius 3 is 1.81 bits per heavy atom. The molecule has 0 radical (unpaired) electrons. The van der Waals surface area contributed by atoms with Crippen molar-refractivity contribution in [2.24, 2.45) is 0 Å². The van der Waals surface area contributed by atoms with Crippen molar-refractivity contribution in [3.63, 3.8) is 0 Å². The third-order valence-corrected chi connectivity index (χ3v) is 6.43. The lowest BCUT2D eigenvalue weighted by atomic mass is 9.76. The van der Waals surface area contributed by atoms with E-state index in [4.69, 9.17) is 0 Å². The highest BCUT2D eigenvalue weighted by atomic mass is 79.9. The molecule has 1 atom stereocenters. The lowest BCUT2D eigenvalue weighted by Gasteiger charge is -2.34. The molecule has 112 valence electrons. The van der Waals surface area contributed by atoms with Gasteiger partial charge < -0.3 is 0 Å². The quantitative estimate of drug-likeness (QED) is 0.570. The minimum Gasteiger partial charge on any atom is -0.0829 e. The van der Waals surface area contributed by atoms with Crippen LogP contribution in [0.3, 0.4) is 0 Å². The van der Waals surface area contributed by atoms with E-state index in [1.807, 2.05) is 0 Å². The smallest absolute Gasteiger partial charge is 0.0492 e. The van der Waals surface area contributed by atoms with Crippen LogP contribution in [0.1, 0.15) is 52.1 Å². The average molecular weight is 345 g/mol. The first kappa shape index (κ1) is 16.3. The summed E-state index contributed by atoms with van der Waals surface area (Å²) in [4.78, 5) is 0.297. The Balaban J connectivity index is 2.57. The van der Waals surface area contributed by atoms with Gasteiger partial charge >= 0.3 is 0 Å². The Bertz CT molecular complexity index is 612. The van der Waals surface area contributed by atoms with Crippen LogP contribution in [0.5, 0.6) is 0 Å². The molecular weight excluding hydrogens is 320 g/mol. The average Bonchev–Trinajstić information content (AvgIpc) is 2.46. The third-order valence-electron chi connectivity index (χ3n) is 4.83. The molecule has 0 N–H and O–H groups in total. The molecule has 0 bridgehead atoms. The largest absolute Gasteiger partial charge is 0.0829 e. The molecule has 0 aliphatic heterocycles. The molecule has 21 heavy (non-hydrogen) atoms. The van der Waals surface area contributed by atoms with E-state index >= 15 is 0 Å². The van der Waals surface area contributed by atoms with Crippen LogP contribution >= 0.6 is 15.9 Å². The van der Waals surface area contributed by atoms with Crippen molar-refractivity contribution >= 4 is 15.9 Å². The van der Waals surface area contributed by atoms with Gasteiger partial charge in [0.2, 0.25) is 0 Å². The number of alkyl halides is 1. The zero-order valence-electron chi connectivity index (χ0n) is 13.9. The second-order valence-electron chi connectivity index (χ2n) is 6.62. The van der Waals surface area contributed by atoms with Crippen LogP contribution in [0, 0.1) is 27.7 Å². The molecular formula is C20H25Br. The molecule has 0 spiro atoms. The van der Waals surface area contributed by atoms with Crippen LogP contribution in [-0.2, 0) is 5.41 Å². The van der Waals surface area contributed by atoms with E-state index in [-0.39, 0.29) is 5.41 Å². The topological polar surface area (TPSA) is 0 Å². The number of hydrogen-bond donors (Lipinski definition) is 0. The molecule has 0 saturated carbocycles. The third kappa shape index (κ3) is 2.94. The lowest BCUT2D eigenvalue weighted by Crippen LogP contribution is -2.24. The molecule has 2 aromatic rings. The first-order valence-electron chi connectivity index (χ1n) is 7.53. The number of hydrogen-bond acceptors (Lipinski definition) is 0. The first-order valence-corrected chi connectivity index (χ1v) is 8.45. The van der Waals surface area contributed by atoms with E-state index in [0.29, 0.717) is 4.83 Å². The molecule has 0 aliphatic carbocycles. The molecule has 1 heteroatoms. The van der Waals surface area contributed by atoms with Gasteiger partial charge in [0.15, 0.2) is 0 Å². The van der Waals surface area contributed by atoms with Crippen LogP contribution < -0.4 is 0 Å². The summed E-state index contributed by atoms with van der Waals surface area (Å²) in [6.45, 7) is 13.5. The van der Waals surface area contributed by atoms with Crippen molar-refractivity contribution in [1.29, 1.82) is 0 Å². The van der Waals surface area contributed by atoms with Crippen molar-refractivity contribution < 1.29 is 0 Å². The SMILES string of the molecule is Cc1cc(C)c(C)c(C(Br)C(C)(C)c2ccccc2)c1C. The molecule has 0 nitrogen and oxygen atoms in total. The highest BCUT2D eigenvalue weighted by Gasteiger charge is 2.32. The highest BCUT2D eigenvalue weighted by Crippen LogP contribution is 2.46. The maximum atomic E-state index is 4.01. The van der Waals surface area contributed by atoms with Gasteiger partial charge in [0.05, 0.1) is 0 Å². The lowest BCUT2D eigenvalue weighted by molar-refractivity contribution is 0.514. The second kappa shape index (κ2) is 5.96. The molecule has 0 heterocycles. The van der Waals surface area contributed by atoms with Crippen molar-refractivity contribution in [2.75, 3.05) is 0 Å². The summed E-state index contributed by atoms with van der Waals surface area (Å²) in [5.74, 6) is 0. The van der Waals surface area contributed by atoms with Crippen LogP contribution in [0.15, 0.2) is 36.4 Å². The molecule has 0 aromatic heterocycles. The molecule has 0 saturated heterocycles. The Kier molecular flexibility index (Phi) is 4.63. The minimum absolute atomic E-state index is 0.0387. The van der Waals surface area contributed by atoms with Gasteiger partial charge in [-0.05, 0) is 61.1 Å². The van der Waals surface area contributed by atoms with Crippen molar-refractivity contribution in [3.05, 3.63) is 69.8 Å². The molecule has 1 unspecified atom stereocenters. The van der Waals surface area contributed by atoms with Crippen molar-refractivity contribution in [2.45, 2.75) is 51.8 Å². The predicted molar refractivity (Wildman–Crippen MR) is 96.5 cm³/mol. The summed E-state index contributed by atoms with van der Waals surface area (Å²) in [6.07, 6.45) is 0. The van der Waals surface area contributed by atoms with Gasteiger partial charge in [-0.2, -0.15) is 0 Å². The molecule has 0 amide bonds. The van der Waals surface area contributed by atoms with Crippen LogP contribution in [0.2, 0.25) is 0 Å². The number of rotatable bonds is 3. The normalized spacial score (nSPS) is 13.3. The Morgan fingerprint density at radius 1 is 0.857 bits per heavy atom. The Labute approximate surface area is 137 Å². The van der Waals surface area contributed by atoms with Gasteiger partial charge in [-0.25, -0.2) is 0 Å². The van der Waals surface area contributed by atoms with Gasteiger partial charge in [-0.15, -0.1) is 0 Å². The van der Waals surface area contributed by atoms with Crippen molar-refractivity contribution in [1.82, 2.24) is 0 Å². The Morgan fingerprint density at radius 2 is 1.33 bits per heavy atom. The summed E-state index contributed by atoms with van der Waals surface area (Å²) < 4.78 is 0. The van der Waals surface area contributed by atoms with Crippen molar-refractivity contribution in [3.8, 4) is 0 Å². The molecule has 0 aliphatic rings. The zero-order valence-corrected chi connectivity index (χ0v) is 15.5. The highest BCUT2D eigenvalue weighted by molar-refractivity contribution is 9.09. The molecule has 2 rings (SSSR count). The summed E-state index contributed by atoms with van der Waals surface area (Å²) in [7, 11) is 0. The van der Waals surface area contributed by atoms with E-state index in [1.165, 1.54) is 33.4 Å². The van der Waals surface area contributed by atoms with Gasteiger partial charge in [0.25, 0.3) is 0 Å². The van der Waals surface area contributed by atoms with E-state index in [0.717, 1.165) is 0 Å². The molecule has 0 fully saturated rings. The number of aryl methyl sites for hydroxylation is 2. The standard InChI is InChI=1S/C20H25Br/c1-13-12-14(2)16(4)18(15(13)3)19(21)20(5,6)17-10-8-7-9-11-17/h7-12,19H,1-6H3. The monoisotopic (exact) mass is 344 g/mol. The van der Waals surface area contributed by atoms with Crippen LogP contribution in [0.4, 0.5) is 0 Å². The van der Waals surface area contributed by atoms with E-state index < -0.39 is 0 Å². The fraction of sp³-hybridized carbons (Fsp3) is 0.400. The summed E-state index contributed by atoms with van der Waals surface area (Å²) in [5, 5.41) is 0. The van der Waals surface area contributed by atoms with E-state index in [1.54, 1.807) is 0 Å². The number of halogens is 1. The Hall–Kier alpha value is -1.08.